The number of ether oxygens (including phenoxy) is 1. The molecule has 1 aliphatic heterocycles. The van der Waals surface area contributed by atoms with E-state index in [9.17, 15) is 9.90 Å². The van der Waals surface area contributed by atoms with Gasteiger partial charge in [0.1, 0.15) is 0 Å². The molecule has 5 heteroatoms. The number of nitrogens with one attached hydrogen (secondary N) is 1. The Morgan fingerprint density at radius 2 is 2.29 bits per heavy atom. The highest BCUT2D eigenvalue weighted by Gasteiger charge is 2.43. The summed E-state index contributed by atoms with van der Waals surface area (Å²) in [5.74, 6) is 0.245. The van der Waals surface area contributed by atoms with Crippen LogP contribution in [0.3, 0.4) is 0 Å². The Bertz CT molecular complexity index is 361. The van der Waals surface area contributed by atoms with Gasteiger partial charge in [0.25, 0.3) is 0 Å². The average molecular weight is 296 g/mol. The molecule has 1 heterocycles. The van der Waals surface area contributed by atoms with Crippen LogP contribution in [-0.4, -0.2) is 54.5 Å². The predicted molar refractivity (Wildman–Crippen MR) is 82.1 cm³/mol. The minimum atomic E-state index is -0.525. The van der Waals surface area contributed by atoms with Gasteiger partial charge in [-0.1, -0.05) is 18.9 Å². The van der Waals surface area contributed by atoms with E-state index in [1.807, 2.05) is 11.0 Å². The molecule has 0 aromatic heterocycles. The fourth-order valence-corrected chi connectivity index (χ4v) is 3.37. The maximum Gasteiger partial charge on any atom is 0.317 e. The van der Waals surface area contributed by atoms with Crippen LogP contribution in [0.15, 0.2) is 12.7 Å². The SMILES string of the molecule is C=CCCOCCNC(=O)N1CCC2(O)CCCCC2C1. The van der Waals surface area contributed by atoms with Gasteiger partial charge in [-0.05, 0) is 25.7 Å². The maximum absolute atomic E-state index is 12.1. The van der Waals surface area contributed by atoms with Gasteiger partial charge in [0.15, 0.2) is 0 Å². The lowest BCUT2D eigenvalue weighted by Gasteiger charge is -2.47. The normalized spacial score (nSPS) is 28.8. The van der Waals surface area contributed by atoms with Crippen molar-refractivity contribution in [1.82, 2.24) is 10.2 Å². The van der Waals surface area contributed by atoms with E-state index in [1.165, 1.54) is 6.42 Å². The van der Waals surface area contributed by atoms with Gasteiger partial charge in [0, 0.05) is 25.6 Å². The second-order valence-corrected chi connectivity index (χ2v) is 6.16. The van der Waals surface area contributed by atoms with Crippen LogP contribution in [0.25, 0.3) is 0 Å². The second-order valence-electron chi connectivity index (χ2n) is 6.16. The van der Waals surface area contributed by atoms with Crippen molar-refractivity contribution in [3.05, 3.63) is 12.7 Å². The Morgan fingerprint density at radius 3 is 3.10 bits per heavy atom. The number of hydrogen-bond donors (Lipinski definition) is 2. The molecule has 2 rings (SSSR count). The van der Waals surface area contributed by atoms with E-state index in [-0.39, 0.29) is 11.9 Å². The summed E-state index contributed by atoms with van der Waals surface area (Å²) >= 11 is 0. The highest BCUT2D eigenvalue weighted by atomic mass is 16.5. The van der Waals surface area contributed by atoms with Crippen LogP contribution in [0.1, 0.15) is 38.5 Å². The number of urea groups is 1. The molecule has 2 aliphatic rings. The molecule has 1 aliphatic carbocycles. The smallest absolute Gasteiger partial charge is 0.317 e. The lowest BCUT2D eigenvalue weighted by molar-refractivity contribution is -0.0871. The summed E-state index contributed by atoms with van der Waals surface area (Å²) in [6.45, 7) is 6.67. The minimum Gasteiger partial charge on any atom is -0.389 e. The van der Waals surface area contributed by atoms with Crippen molar-refractivity contribution in [1.29, 1.82) is 0 Å². The molecule has 1 saturated carbocycles. The molecule has 0 aromatic carbocycles. The third-order valence-corrected chi connectivity index (χ3v) is 4.70. The minimum absolute atomic E-state index is 0.0325. The molecule has 5 nitrogen and oxygen atoms in total. The van der Waals surface area contributed by atoms with Crippen LogP contribution in [0.2, 0.25) is 0 Å². The molecule has 2 N–H and O–H groups in total. The van der Waals surface area contributed by atoms with Crippen LogP contribution in [0.4, 0.5) is 4.79 Å². The molecular weight excluding hydrogens is 268 g/mol. The van der Waals surface area contributed by atoms with E-state index in [0.717, 1.165) is 25.7 Å². The van der Waals surface area contributed by atoms with Crippen LogP contribution in [-0.2, 0) is 4.74 Å². The molecule has 2 amide bonds. The van der Waals surface area contributed by atoms with Gasteiger partial charge in [-0.25, -0.2) is 4.79 Å². The number of fused-ring (bicyclic) bond motifs is 1. The first-order chi connectivity index (χ1) is 10.2. The molecule has 2 fully saturated rings. The van der Waals surface area contributed by atoms with Crippen molar-refractivity contribution >= 4 is 6.03 Å². The molecular formula is C16H28N2O3. The maximum atomic E-state index is 12.1. The van der Waals surface area contributed by atoms with E-state index >= 15 is 0 Å². The lowest BCUT2D eigenvalue weighted by atomic mass is 9.71. The van der Waals surface area contributed by atoms with E-state index in [0.29, 0.717) is 39.3 Å². The van der Waals surface area contributed by atoms with Gasteiger partial charge in [-0.2, -0.15) is 0 Å². The summed E-state index contributed by atoms with van der Waals surface area (Å²) < 4.78 is 5.37. The average Bonchev–Trinajstić information content (AvgIpc) is 2.49. The van der Waals surface area contributed by atoms with Crippen LogP contribution in [0, 0.1) is 5.92 Å². The summed E-state index contributed by atoms with van der Waals surface area (Å²) in [4.78, 5) is 14.0. The fourth-order valence-electron chi connectivity index (χ4n) is 3.37. The van der Waals surface area contributed by atoms with Gasteiger partial charge >= 0.3 is 6.03 Å². The van der Waals surface area contributed by atoms with Gasteiger partial charge in [-0.15, -0.1) is 6.58 Å². The van der Waals surface area contributed by atoms with E-state index in [4.69, 9.17) is 4.74 Å². The van der Waals surface area contributed by atoms with Crippen molar-refractivity contribution in [3.8, 4) is 0 Å². The second kappa shape index (κ2) is 7.80. The highest BCUT2D eigenvalue weighted by Crippen LogP contribution is 2.39. The first-order valence-electron chi connectivity index (χ1n) is 8.09. The first kappa shape index (κ1) is 16.3. The predicted octanol–water partition coefficient (Wildman–Crippen LogP) is 1.92. The summed E-state index contributed by atoms with van der Waals surface area (Å²) in [5, 5.41) is 13.5. The number of carbonyl (C=O) groups is 1. The molecule has 120 valence electrons. The monoisotopic (exact) mass is 296 g/mol. The summed E-state index contributed by atoms with van der Waals surface area (Å²) in [7, 11) is 0. The topological polar surface area (TPSA) is 61.8 Å². The number of carbonyl (C=O) groups excluding carboxylic acids is 1. The quantitative estimate of drug-likeness (QED) is 0.581. The summed E-state index contributed by atoms with van der Waals surface area (Å²) in [5.41, 5.74) is -0.525. The van der Waals surface area contributed by atoms with E-state index in [2.05, 4.69) is 11.9 Å². The van der Waals surface area contributed by atoms with Crippen molar-refractivity contribution in [2.24, 2.45) is 5.92 Å². The number of hydrogen-bond acceptors (Lipinski definition) is 3. The van der Waals surface area contributed by atoms with Gasteiger partial charge in [-0.3, -0.25) is 0 Å². The van der Waals surface area contributed by atoms with Crippen molar-refractivity contribution in [3.63, 3.8) is 0 Å². The van der Waals surface area contributed by atoms with Crippen LogP contribution in [0.5, 0.6) is 0 Å². The Hall–Kier alpha value is -1.07. The highest BCUT2D eigenvalue weighted by molar-refractivity contribution is 5.74. The van der Waals surface area contributed by atoms with E-state index < -0.39 is 5.60 Å². The van der Waals surface area contributed by atoms with Gasteiger partial charge in [0.05, 0.1) is 18.8 Å². The van der Waals surface area contributed by atoms with Crippen molar-refractivity contribution in [2.75, 3.05) is 32.8 Å². The molecule has 1 saturated heterocycles. The Balaban J connectivity index is 1.68. The van der Waals surface area contributed by atoms with Gasteiger partial charge in [0.2, 0.25) is 0 Å². The van der Waals surface area contributed by atoms with Crippen LogP contribution < -0.4 is 5.32 Å². The molecule has 2 unspecified atom stereocenters. The number of amides is 2. The first-order valence-corrected chi connectivity index (χ1v) is 8.09. The number of nitrogens with zero attached hydrogens (tertiary/aromatic N) is 1. The Labute approximate surface area is 127 Å². The molecule has 0 bridgehead atoms. The number of piperidine rings is 1. The summed E-state index contributed by atoms with van der Waals surface area (Å²) in [6.07, 6.45) is 7.56. The van der Waals surface area contributed by atoms with Crippen molar-refractivity contribution in [2.45, 2.75) is 44.1 Å². The zero-order valence-corrected chi connectivity index (χ0v) is 12.9. The zero-order valence-electron chi connectivity index (χ0n) is 12.9. The number of likely N-dealkylation sites (tertiary alicyclic amines) is 1. The standard InChI is InChI=1S/C16H28N2O3/c1-2-3-11-21-12-9-17-15(19)18-10-8-16(20)7-5-4-6-14(16)13-18/h2,14,20H,1,3-13H2,(H,17,19). The van der Waals surface area contributed by atoms with Crippen LogP contribution >= 0.6 is 0 Å². The fraction of sp³-hybridized carbons (Fsp3) is 0.812. The van der Waals surface area contributed by atoms with E-state index in [1.54, 1.807) is 0 Å². The Morgan fingerprint density at radius 1 is 1.43 bits per heavy atom. The number of aliphatic hydroxyl groups is 1. The molecule has 2 atom stereocenters. The Kier molecular flexibility index (Phi) is 6.06. The van der Waals surface area contributed by atoms with Crippen molar-refractivity contribution < 1.29 is 14.6 Å². The molecule has 21 heavy (non-hydrogen) atoms. The third kappa shape index (κ3) is 4.45. The zero-order chi connectivity index (χ0) is 15.1. The largest absolute Gasteiger partial charge is 0.389 e. The third-order valence-electron chi connectivity index (χ3n) is 4.70. The molecule has 0 radical (unpaired) electrons. The van der Waals surface area contributed by atoms with Gasteiger partial charge < -0.3 is 20.1 Å². The molecule has 0 spiro atoms. The number of rotatable bonds is 6. The summed E-state index contributed by atoms with van der Waals surface area (Å²) in [6, 6.07) is -0.0325. The lowest BCUT2D eigenvalue weighted by Crippen LogP contribution is -2.56. The molecule has 0 aromatic rings.